The number of benzene rings is 1. The minimum absolute atomic E-state index is 0.0556. The van der Waals surface area contributed by atoms with Crippen molar-refractivity contribution in [2.75, 3.05) is 11.9 Å². The second kappa shape index (κ2) is 7.55. The highest BCUT2D eigenvalue weighted by Crippen LogP contribution is 2.29. The first-order valence-electron chi connectivity index (χ1n) is 8.16. The van der Waals surface area contributed by atoms with Crippen molar-refractivity contribution in [2.45, 2.75) is 6.18 Å². The zero-order valence-electron chi connectivity index (χ0n) is 14.5. The highest BCUT2D eigenvalue weighted by Gasteiger charge is 2.30. The molecule has 0 fully saturated rings. The molecule has 0 aliphatic carbocycles. The average Bonchev–Trinajstić information content (AvgIpc) is 3.06. The van der Waals surface area contributed by atoms with Crippen molar-refractivity contribution in [1.29, 1.82) is 0 Å². The van der Waals surface area contributed by atoms with E-state index in [9.17, 15) is 22.8 Å². The molecule has 3 rings (SSSR count). The third-order valence-corrected chi connectivity index (χ3v) is 3.84. The number of carbonyl (C=O) groups excluding carboxylic acids is 2. The molecule has 3 aromatic rings. The van der Waals surface area contributed by atoms with Gasteiger partial charge >= 0.3 is 6.18 Å². The lowest BCUT2D eigenvalue weighted by atomic mass is 10.2. The van der Waals surface area contributed by atoms with Crippen LogP contribution < -0.4 is 10.6 Å². The Balaban J connectivity index is 1.89. The lowest BCUT2D eigenvalue weighted by Crippen LogP contribution is -2.24. The fraction of sp³-hybridized carbons (Fsp3) is 0.105. The van der Waals surface area contributed by atoms with E-state index in [1.807, 2.05) is 0 Å². The van der Waals surface area contributed by atoms with E-state index >= 15 is 0 Å². The van der Waals surface area contributed by atoms with E-state index in [-0.39, 0.29) is 23.8 Å². The summed E-state index contributed by atoms with van der Waals surface area (Å²) in [5, 5.41) is 5.08. The van der Waals surface area contributed by atoms with Gasteiger partial charge in [0.05, 0.1) is 11.1 Å². The van der Waals surface area contributed by atoms with Crippen LogP contribution >= 0.6 is 0 Å². The molecule has 0 atom stereocenters. The van der Waals surface area contributed by atoms with Gasteiger partial charge in [-0.3, -0.25) is 14.0 Å². The van der Waals surface area contributed by atoms with Crippen molar-refractivity contribution >= 4 is 23.0 Å². The predicted octanol–water partition coefficient (Wildman–Crippen LogP) is 3.52. The fourth-order valence-corrected chi connectivity index (χ4v) is 2.54. The molecule has 28 heavy (non-hydrogen) atoms. The molecule has 0 aliphatic rings. The number of amides is 2. The van der Waals surface area contributed by atoms with Crippen molar-refractivity contribution in [1.82, 2.24) is 14.7 Å². The van der Waals surface area contributed by atoms with Gasteiger partial charge in [0, 0.05) is 18.4 Å². The lowest BCUT2D eigenvalue weighted by molar-refractivity contribution is -0.137. The zero-order chi connectivity index (χ0) is 20.3. The van der Waals surface area contributed by atoms with Crippen LogP contribution in [0.3, 0.4) is 0 Å². The molecule has 0 radical (unpaired) electrons. The number of hydrogen-bond donors (Lipinski definition) is 2. The first kappa shape index (κ1) is 19.2. The smallest absolute Gasteiger partial charge is 0.347 e. The number of anilines is 1. The summed E-state index contributed by atoms with van der Waals surface area (Å²) >= 11 is 0. The van der Waals surface area contributed by atoms with E-state index in [2.05, 4.69) is 22.2 Å². The van der Waals surface area contributed by atoms with Crippen LogP contribution in [-0.2, 0) is 6.18 Å². The Morgan fingerprint density at radius 3 is 2.46 bits per heavy atom. The number of aromatic nitrogens is 2. The van der Waals surface area contributed by atoms with E-state index < -0.39 is 23.6 Å². The molecule has 0 aliphatic heterocycles. The Kier molecular flexibility index (Phi) is 5.16. The van der Waals surface area contributed by atoms with Gasteiger partial charge in [0.1, 0.15) is 0 Å². The molecule has 6 nitrogen and oxygen atoms in total. The van der Waals surface area contributed by atoms with Crippen molar-refractivity contribution in [3.63, 3.8) is 0 Å². The van der Waals surface area contributed by atoms with Gasteiger partial charge in [-0.15, -0.1) is 6.58 Å². The molecule has 2 heterocycles. The van der Waals surface area contributed by atoms with Crippen LogP contribution in [0.25, 0.3) is 5.52 Å². The minimum Gasteiger partial charge on any atom is -0.347 e. The number of fused-ring (bicyclic) bond motifs is 1. The molecule has 9 heteroatoms. The molecule has 0 saturated heterocycles. The van der Waals surface area contributed by atoms with E-state index in [0.717, 1.165) is 24.3 Å². The Bertz CT molecular complexity index is 1040. The van der Waals surface area contributed by atoms with Gasteiger partial charge in [-0.25, -0.2) is 4.98 Å². The van der Waals surface area contributed by atoms with Crippen LogP contribution in [0.4, 0.5) is 18.9 Å². The third-order valence-electron chi connectivity index (χ3n) is 3.84. The summed E-state index contributed by atoms with van der Waals surface area (Å²) < 4.78 is 39.4. The van der Waals surface area contributed by atoms with Gasteiger partial charge < -0.3 is 10.6 Å². The molecule has 144 valence electrons. The van der Waals surface area contributed by atoms with Crippen LogP contribution in [0, 0.1) is 0 Å². The molecule has 1 aromatic carbocycles. The van der Waals surface area contributed by atoms with Crippen molar-refractivity contribution in [3.05, 3.63) is 78.4 Å². The average molecular weight is 388 g/mol. The van der Waals surface area contributed by atoms with Gasteiger partial charge in [0.2, 0.25) is 5.82 Å². The Morgan fingerprint density at radius 2 is 1.82 bits per heavy atom. The highest BCUT2D eigenvalue weighted by molar-refractivity contribution is 6.06. The summed E-state index contributed by atoms with van der Waals surface area (Å²) in [5.74, 6) is -1.21. The first-order chi connectivity index (χ1) is 13.3. The van der Waals surface area contributed by atoms with Crippen LogP contribution in [0.1, 0.15) is 26.7 Å². The number of carbonyl (C=O) groups is 2. The van der Waals surface area contributed by atoms with E-state index in [1.54, 1.807) is 24.4 Å². The van der Waals surface area contributed by atoms with Crippen LogP contribution in [0.2, 0.25) is 0 Å². The maximum absolute atomic E-state index is 12.6. The summed E-state index contributed by atoms with van der Waals surface area (Å²) in [5.41, 5.74) is -0.178. The van der Waals surface area contributed by atoms with E-state index in [1.165, 1.54) is 10.5 Å². The molecule has 2 aromatic heterocycles. The number of imidazole rings is 1. The minimum atomic E-state index is -4.46. The SMILES string of the molecule is C=CCNC(=O)c1nc(C(=O)Nc2ccc(C(F)(F)F)cc2)n2ccccc12. The Labute approximate surface area is 157 Å². The summed E-state index contributed by atoms with van der Waals surface area (Å²) in [6.07, 6.45) is -1.39. The summed E-state index contributed by atoms with van der Waals surface area (Å²) in [4.78, 5) is 29.0. The zero-order valence-corrected chi connectivity index (χ0v) is 14.5. The maximum Gasteiger partial charge on any atom is 0.416 e. The maximum atomic E-state index is 12.6. The number of nitrogens with zero attached hydrogens (tertiary/aromatic N) is 2. The summed E-state index contributed by atoms with van der Waals surface area (Å²) in [6.45, 7) is 3.75. The van der Waals surface area contributed by atoms with Gasteiger partial charge in [-0.1, -0.05) is 12.1 Å². The van der Waals surface area contributed by atoms with Crippen molar-refractivity contribution in [2.24, 2.45) is 0 Å². The largest absolute Gasteiger partial charge is 0.416 e. The number of alkyl halides is 3. The van der Waals surface area contributed by atoms with Crippen LogP contribution in [-0.4, -0.2) is 27.7 Å². The number of halogens is 3. The molecular formula is C19H15F3N4O2. The quantitative estimate of drug-likeness (QED) is 0.657. The summed E-state index contributed by atoms with van der Waals surface area (Å²) in [7, 11) is 0. The number of rotatable bonds is 5. The highest BCUT2D eigenvalue weighted by atomic mass is 19.4. The second-order valence-electron chi connectivity index (χ2n) is 5.77. The van der Waals surface area contributed by atoms with Crippen LogP contribution in [0.15, 0.2) is 61.3 Å². The van der Waals surface area contributed by atoms with Crippen LogP contribution in [0.5, 0.6) is 0 Å². The number of pyridine rings is 1. The Morgan fingerprint density at radius 1 is 1.11 bits per heavy atom. The molecular weight excluding hydrogens is 373 g/mol. The normalized spacial score (nSPS) is 11.2. The monoisotopic (exact) mass is 388 g/mol. The second-order valence-corrected chi connectivity index (χ2v) is 5.77. The standard InChI is InChI=1S/C19H15F3N4O2/c1-2-10-23-17(27)15-14-5-3-4-11-26(14)16(25-15)18(28)24-13-8-6-12(7-9-13)19(20,21)22/h2-9,11H,1,10H2,(H,23,27)(H,24,28). The van der Waals surface area contributed by atoms with Gasteiger partial charge in [0.25, 0.3) is 11.8 Å². The van der Waals surface area contributed by atoms with Gasteiger partial charge in [0.15, 0.2) is 5.69 Å². The topological polar surface area (TPSA) is 75.5 Å². The molecule has 0 saturated carbocycles. The Hall–Kier alpha value is -3.62. The van der Waals surface area contributed by atoms with Crippen molar-refractivity contribution in [3.8, 4) is 0 Å². The number of hydrogen-bond acceptors (Lipinski definition) is 3. The van der Waals surface area contributed by atoms with Crippen molar-refractivity contribution < 1.29 is 22.8 Å². The fourth-order valence-electron chi connectivity index (χ4n) is 2.54. The van der Waals surface area contributed by atoms with Gasteiger partial charge in [-0.05, 0) is 36.4 Å². The number of nitrogens with one attached hydrogen (secondary N) is 2. The molecule has 0 spiro atoms. The molecule has 0 bridgehead atoms. The third kappa shape index (κ3) is 3.88. The van der Waals surface area contributed by atoms with Gasteiger partial charge in [-0.2, -0.15) is 13.2 Å². The van der Waals surface area contributed by atoms with E-state index in [0.29, 0.717) is 5.52 Å². The lowest BCUT2D eigenvalue weighted by Gasteiger charge is -2.08. The first-order valence-corrected chi connectivity index (χ1v) is 8.16. The molecule has 0 unspecified atom stereocenters. The molecule has 2 N–H and O–H groups in total. The van der Waals surface area contributed by atoms with E-state index in [4.69, 9.17) is 0 Å². The summed E-state index contributed by atoms with van der Waals surface area (Å²) in [6, 6.07) is 9.02. The predicted molar refractivity (Wildman–Crippen MR) is 97.1 cm³/mol. The molecule has 2 amide bonds.